The summed E-state index contributed by atoms with van der Waals surface area (Å²) in [4.78, 5) is 17.5. The number of amides is 1. The number of aryl methyl sites for hydroxylation is 1. The van der Waals surface area contributed by atoms with Crippen molar-refractivity contribution < 1.29 is 14.3 Å². The standard InChI is InChI=1S/C26H35N3O3/c1-4-5-6-7-8-11-18-29-22-13-10-9-12-21(22)28-25(29)16-17-27-26(30)20-14-15-23(31-2)24(19-20)32-3/h9-10,12-15,19H,4-8,11,16-18H2,1-3H3,(H,27,30). The van der Waals surface area contributed by atoms with Gasteiger partial charge in [-0.15, -0.1) is 0 Å². The highest BCUT2D eigenvalue weighted by Crippen LogP contribution is 2.27. The van der Waals surface area contributed by atoms with Crippen LogP contribution in [0, 0.1) is 0 Å². The molecule has 0 saturated heterocycles. The van der Waals surface area contributed by atoms with Crippen molar-refractivity contribution in [3.05, 3.63) is 53.9 Å². The van der Waals surface area contributed by atoms with Gasteiger partial charge < -0.3 is 19.4 Å². The second-order valence-corrected chi connectivity index (χ2v) is 8.01. The highest BCUT2D eigenvalue weighted by atomic mass is 16.5. The predicted molar refractivity (Wildman–Crippen MR) is 129 cm³/mol. The van der Waals surface area contributed by atoms with E-state index in [9.17, 15) is 4.79 Å². The second-order valence-electron chi connectivity index (χ2n) is 8.01. The quantitative estimate of drug-likeness (QED) is 0.364. The van der Waals surface area contributed by atoms with E-state index < -0.39 is 0 Å². The number of aromatic nitrogens is 2. The first kappa shape index (κ1) is 23.6. The third-order valence-corrected chi connectivity index (χ3v) is 5.75. The van der Waals surface area contributed by atoms with E-state index in [2.05, 4.69) is 35.0 Å². The first-order valence-corrected chi connectivity index (χ1v) is 11.6. The zero-order chi connectivity index (χ0) is 22.8. The number of carbonyl (C=O) groups is 1. The summed E-state index contributed by atoms with van der Waals surface area (Å²) in [6.07, 6.45) is 8.26. The molecule has 0 atom stereocenters. The molecule has 0 aliphatic carbocycles. The number of imidazole rings is 1. The van der Waals surface area contributed by atoms with Gasteiger partial charge in [-0.05, 0) is 36.8 Å². The lowest BCUT2D eigenvalue weighted by molar-refractivity contribution is 0.0953. The Morgan fingerprint density at radius 1 is 0.969 bits per heavy atom. The Morgan fingerprint density at radius 3 is 2.50 bits per heavy atom. The van der Waals surface area contributed by atoms with Crippen LogP contribution in [0.4, 0.5) is 0 Å². The maximum absolute atomic E-state index is 12.6. The lowest BCUT2D eigenvalue weighted by atomic mass is 10.1. The van der Waals surface area contributed by atoms with Crippen molar-refractivity contribution in [2.45, 2.75) is 58.4 Å². The Bertz CT molecular complexity index is 1010. The molecular weight excluding hydrogens is 402 g/mol. The third kappa shape index (κ3) is 6.02. The van der Waals surface area contributed by atoms with Gasteiger partial charge in [0.2, 0.25) is 0 Å². The van der Waals surface area contributed by atoms with Crippen LogP contribution in [0.15, 0.2) is 42.5 Å². The van der Waals surface area contributed by atoms with Crippen LogP contribution in [0.2, 0.25) is 0 Å². The molecule has 0 spiro atoms. The van der Waals surface area contributed by atoms with Crippen molar-refractivity contribution in [2.75, 3.05) is 20.8 Å². The number of hydrogen-bond donors (Lipinski definition) is 1. The smallest absolute Gasteiger partial charge is 0.251 e. The summed E-state index contributed by atoms with van der Waals surface area (Å²) in [7, 11) is 3.14. The average Bonchev–Trinajstić information content (AvgIpc) is 3.18. The van der Waals surface area contributed by atoms with Gasteiger partial charge >= 0.3 is 0 Å². The van der Waals surface area contributed by atoms with Crippen LogP contribution >= 0.6 is 0 Å². The van der Waals surface area contributed by atoms with E-state index in [0.29, 0.717) is 30.0 Å². The molecule has 1 amide bonds. The van der Waals surface area contributed by atoms with Crippen molar-refractivity contribution in [2.24, 2.45) is 0 Å². The van der Waals surface area contributed by atoms with Crippen LogP contribution in [0.5, 0.6) is 11.5 Å². The normalized spacial score (nSPS) is 11.0. The molecule has 1 N–H and O–H groups in total. The molecule has 32 heavy (non-hydrogen) atoms. The van der Waals surface area contributed by atoms with Crippen molar-refractivity contribution in [3.8, 4) is 11.5 Å². The summed E-state index contributed by atoms with van der Waals surface area (Å²) < 4.78 is 12.9. The largest absolute Gasteiger partial charge is 0.493 e. The predicted octanol–water partition coefficient (Wildman–Crippen LogP) is 5.39. The number of carbonyl (C=O) groups excluding carboxylic acids is 1. The highest BCUT2D eigenvalue weighted by Gasteiger charge is 2.13. The molecule has 0 aliphatic rings. The Morgan fingerprint density at radius 2 is 1.72 bits per heavy atom. The number of para-hydroxylation sites is 2. The van der Waals surface area contributed by atoms with E-state index >= 15 is 0 Å². The zero-order valence-corrected chi connectivity index (χ0v) is 19.5. The molecule has 0 fully saturated rings. The summed E-state index contributed by atoms with van der Waals surface area (Å²) in [5.41, 5.74) is 2.73. The average molecular weight is 438 g/mol. The molecule has 0 aliphatic heterocycles. The minimum Gasteiger partial charge on any atom is -0.493 e. The van der Waals surface area contributed by atoms with Crippen molar-refractivity contribution >= 4 is 16.9 Å². The van der Waals surface area contributed by atoms with Gasteiger partial charge in [-0.25, -0.2) is 4.98 Å². The van der Waals surface area contributed by atoms with Gasteiger partial charge in [-0.1, -0.05) is 51.2 Å². The van der Waals surface area contributed by atoms with Gasteiger partial charge in [0.15, 0.2) is 11.5 Å². The van der Waals surface area contributed by atoms with Crippen molar-refractivity contribution in [3.63, 3.8) is 0 Å². The number of hydrogen-bond acceptors (Lipinski definition) is 4. The van der Waals surface area contributed by atoms with E-state index in [1.54, 1.807) is 32.4 Å². The minimum absolute atomic E-state index is 0.135. The fourth-order valence-corrected chi connectivity index (χ4v) is 3.98. The summed E-state index contributed by atoms with van der Waals surface area (Å²) in [6, 6.07) is 13.4. The fraction of sp³-hybridized carbons (Fsp3) is 0.462. The van der Waals surface area contributed by atoms with Crippen LogP contribution in [0.3, 0.4) is 0 Å². The second kappa shape index (κ2) is 12.1. The molecule has 0 bridgehead atoms. The number of ether oxygens (including phenoxy) is 2. The molecule has 1 heterocycles. The van der Waals surface area contributed by atoms with E-state index in [-0.39, 0.29) is 5.91 Å². The third-order valence-electron chi connectivity index (χ3n) is 5.75. The van der Waals surface area contributed by atoms with E-state index in [0.717, 1.165) is 24.3 Å². The molecule has 3 rings (SSSR count). The minimum atomic E-state index is -0.135. The van der Waals surface area contributed by atoms with Gasteiger partial charge in [-0.3, -0.25) is 4.79 Å². The Balaban J connectivity index is 1.61. The topological polar surface area (TPSA) is 65.4 Å². The Kier molecular flexibility index (Phi) is 8.96. The molecule has 1 aromatic heterocycles. The lowest BCUT2D eigenvalue weighted by Crippen LogP contribution is -2.26. The summed E-state index contributed by atoms with van der Waals surface area (Å²) in [6.45, 7) is 3.73. The molecule has 3 aromatic rings. The molecule has 0 unspecified atom stereocenters. The molecule has 6 heteroatoms. The molecule has 2 aromatic carbocycles. The first-order valence-electron chi connectivity index (χ1n) is 11.6. The highest BCUT2D eigenvalue weighted by molar-refractivity contribution is 5.94. The van der Waals surface area contributed by atoms with Gasteiger partial charge in [0.1, 0.15) is 5.82 Å². The van der Waals surface area contributed by atoms with Crippen molar-refractivity contribution in [1.82, 2.24) is 14.9 Å². The van der Waals surface area contributed by atoms with Crippen LogP contribution in [-0.4, -0.2) is 36.2 Å². The van der Waals surface area contributed by atoms with Crippen LogP contribution in [-0.2, 0) is 13.0 Å². The fourth-order valence-electron chi connectivity index (χ4n) is 3.98. The number of rotatable bonds is 13. The van der Waals surface area contributed by atoms with Crippen LogP contribution in [0.1, 0.15) is 61.6 Å². The molecule has 172 valence electrons. The van der Waals surface area contributed by atoms with E-state index in [4.69, 9.17) is 14.5 Å². The van der Waals surface area contributed by atoms with Crippen LogP contribution < -0.4 is 14.8 Å². The number of nitrogens with zero attached hydrogens (tertiary/aromatic N) is 2. The number of methoxy groups -OCH3 is 2. The number of unbranched alkanes of at least 4 members (excludes halogenated alkanes) is 5. The number of fused-ring (bicyclic) bond motifs is 1. The van der Waals surface area contributed by atoms with Gasteiger partial charge in [-0.2, -0.15) is 0 Å². The monoisotopic (exact) mass is 437 g/mol. The molecule has 0 radical (unpaired) electrons. The maximum Gasteiger partial charge on any atom is 0.251 e. The first-order chi connectivity index (χ1) is 15.7. The Hall–Kier alpha value is -3.02. The molecule has 0 saturated carbocycles. The number of nitrogens with one attached hydrogen (secondary N) is 1. The van der Waals surface area contributed by atoms with E-state index in [1.807, 2.05) is 6.07 Å². The lowest BCUT2D eigenvalue weighted by Gasteiger charge is -2.11. The van der Waals surface area contributed by atoms with Gasteiger partial charge in [0.05, 0.1) is 25.3 Å². The van der Waals surface area contributed by atoms with Gasteiger partial charge in [0, 0.05) is 25.1 Å². The Labute approximate surface area is 190 Å². The summed E-state index contributed by atoms with van der Waals surface area (Å²) in [5.74, 6) is 2.03. The molecular formula is C26H35N3O3. The summed E-state index contributed by atoms with van der Waals surface area (Å²) >= 11 is 0. The summed E-state index contributed by atoms with van der Waals surface area (Å²) in [5, 5.41) is 3.01. The zero-order valence-electron chi connectivity index (χ0n) is 19.5. The SMILES string of the molecule is CCCCCCCCn1c(CCNC(=O)c2ccc(OC)c(OC)c2)nc2ccccc21. The van der Waals surface area contributed by atoms with Crippen molar-refractivity contribution in [1.29, 1.82) is 0 Å². The van der Waals surface area contributed by atoms with Crippen LogP contribution in [0.25, 0.3) is 11.0 Å². The number of benzene rings is 2. The van der Waals surface area contributed by atoms with Gasteiger partial charge in [0.25, 0.3) is 5.91 Å². The van der Waals surface area contributed by atoms with E-state index in [1.165, 1.54) is 37.6 Å². The maximum atomic E-state index is 12.6. The molecule has 6 nitrogen and oxygen atoms in total.